The van der Waals surface area contributed by atoms with Crippen molar-refractivity contribution < 1.29 is 18.7 Å². The van der Waals surface area contributed by atoms with E-state index in [0.717, 1.165) is 12.8 Å². The fourth-order valence-corrected chi connectivity index (χ4v) is 4.02. The van der Waals surface area contributed by atoms with Gasteiger partial charge < -0.3 is 13.9 Å². The minimum atomic E-state index is -1.99. The molecule has 1 rings (SSSR count). The topological polar surface area (TPSA) is 44.8 Å². The quantitative estimate of drug-likeness (QED) is 0.436. The molecule has 1 saturated carbocycles. The van der Waals surface area contributed by atoms with Crippen molar-refractivity contribution in [3.8, 4) is 0 Å². The predicted molar refractivity (Wildman–Crippen MR) is 91.3 cm³/mol. The van der Waals surface area contributed by atoms with Crippen molar-refractivity contribution in [2.45, 2.75) is 77.0 Å². The summed E-state index contributed by atoms with van der Waals surface area (Å²) in [7, 11) is -0.297. The maximum absolute atomic E-state index is 11.4. The zero-order valence-corrected chi connectivity index (χ0v) is 16.1. The van der Waals surface area contributed by atoms with Gasteiger partial charge in [0.2, 0.25) is 0 Å². The van der Waals surface area contributed by atoms with Crippen LogP contribution in [-0.2, 0) is 18.7 Å². The molecule has 1 aliphatic carbocycles. The van der Waals surface area contributed by atoms with Crippen molar-refractivity contribution in [2.75, 3.05) is 7.11 Å². The van der Waals surface area contributed by atoms with E-state index in [1.807, 2.05) is 6.08 Å². The van der Waals surface area contributed by atoms with Crippen molar-refractivity contribution in [1.82, 2.24) is 0 Å². The fraction of sp³-hybridized carbons (Fsp3) is 0.824. The zero-order valence-electron chi connectivity index (χ0n) is 15.1. The predicted octanol–water partition coefficient (Wildman–Crippen LogP) is 3.92. The van der Waals surface area contributed by atoms with Gasteiger partial charge >= 0.3 is 5.97 Å². The lowest BCUT2D eigenvalue weighted by Gasteiger charge is -2.46. The number of rotatable bonds is 5. The first-order valence-corrected chi connectivity index (χ1v) is 10.9. The van der Waals surface area contributed by atoms with E-state index in [1.165, 1.54) is 6.92 Å². The third-order valence-electron chi connectivity index (χ3n) is 5.03. The molecule has 0 radical (unpaired) electrons. The van der Waals surface area contributed by atoms with Crippen LogP contribution in [0.1, 0.15) is 40.5 Å². The van der Waals surface area contributed by atoms with Crippen LogP contribution < -0.4 is 0 Å². The van der Waals surface area contributed by atoms with E-state index in [9.17, 15) is 4.79 Å². The van der Waals surface area contributed by atoms with Crippen molar-refractivity contribution >= 4 is 14.3 Å². The van der Waals surface area contributed by atoms with Gasteiger partial charge in [0.25, 0.3) is 0 Å². The lowest BCUT2D eigenvalue weighted by atomic mass is 9.82. The van der Waals surface area contributed by atoms with Crippen LogP contribution in [0.15, 0.2) is 12.7 Å². The maximum atomic E-state index is 11.4. The second-order valence-corrected chi connectivity index (χ2v) is 12.4. The van der Waals surface area contributed by atoms with E-state index >= 15 is 0 Å². The van der Waals surface area contributed by atoms with Gasteiger partial charge in [-0.3, -0.25) is 4.79 Å². The van der Waals surface area contributed by atoms with Crippen LogP contribution in [-0.4, -0.2) is 39.7 Å². The minimum absolute atomic E-state index is 0.0905. The Labute approximate surface area is 136 Å². The Morgan fingerprint density at radius 3 is 2.23 bits per heavy atom. The molecule has 0 aromatic carbocycles. The van der Waals surface area contributed by atoms with Gasteiger partial charge in [0.05, 0.1) is 6.10 Å². The zero-order chi connectivity index (χ0) is 17.1. The van der Waals surface area contributed by atoms with Crippen LogP contribution in [0.2, 0.25) is 18.1 Å². The molecule has 0 bridgehead atoms. The van der Waals surface area contributed by atoms with E-state index in [-0.39, 0.29) is 35.2 Å². The van der Waals surface area contributed by atoms with Gasteiger partial charge in [-0.1, -0.05) is 26.8 Å². The summed E-state index contributed by atoms with van der Waals surface area (Å²) in [4.78, 5) is 11.4. The second kappa shape index (κ2) is 7.28. The van der Waals surface area contributed by atoms with Crippen LogP contribution in [0.25, 0.3) is 0 Å². The molecule has 4 atom stereocenters. The van der Waals surface area contributed by atoms with E-state index in [2.05, 4.69) is 40.4 Å². The lowest BCUT2D eigenvalue weighted by molar-refractivity contribution is -0.166. The largest absolute Gasteiger partial charge is 0.460 e. The Hall–Kier alpha value is -0.653. The van der Waals surface area contributed by atoms with Crippen LogP contribution >= 0.6 is 0 Å². The highest BCUT2D eigenvalue weighted by Crippen LogP contribution is 2.41. The first-order valence-electron chi connectivity index (χ1n) is 8.04. The van der Waals surface area contributed by atoms with Crippen molar-refractivity contribution in [3.63, 3.8) is 0 Å². The SMILES string of the molecule is C=C[C@H]1CC[C@H](OC(C)=O)[C@@H](O[Si](C)(C)C(C)(C)C)[C@@H]1OC. The number of carbonyl (C=O) groups is 1. The van der Waals surface area contributed by atoms with Gasteiger partial charge in [0.1, 0.15) is 12.2 Å². The Balaban J connectivity index is 3.06. The van der Waals surface area contributed by atoms with E-state index in [4.69, 9.17) is 13.9 Å². The summed E-state index contributed by atoms with van der Waals surface area (Å²) in [5.74, 6) is -0.0349. The van der Waals surface area contributed by atoms with E-state index < -0.39 is 8.32 Å². The monoisotopic (exact) mass is 328 g/mol. The molecule has 0 aliphatic heterocycles. The number of hydrogen-bond acceptors (Lipinski definition) is 4. The van der Waals surface area contributed by atoms with Crippen LogP contribution in [0.5, 0.6) is 0 Å². The Kier molecular flexibility index (Phi) is 6.42. The molecule has 5 heteroatoms. The molecule has 0 heterocycles. The lowest BCUT2D eigenvalue weighted by Crippen LogP contribution is -2.56. The highest BCUT2D eigenvalue weighted by molar-refractivity contribution is 6.74. The summed E-state index contributed by atoms with van der Waals surface area (Å²) in [6, 6.07) is 0. The molecular weight excluding hydrogens is 296 g/mol. The van der Waals surface area contributed by atoms with Gasteiger partial charge in [-0.25, -0.2) is 0 Å². The summed E-state index contributed by atoms with van der Waals surface area (Å²) < 4.78 is 17.8. The average molecular weight is 329 g/mol. The summed E-state index contributed by atoms with van der Waals surface area (Å²) in [6.45, 7) is 16.4. The molecule has 0 aromatic rings. The number of ether oxygens (including phenoxy) is 2. The van der Waals surface area contributed by atoms with Gasteiger partial charge in [-0.05, 0) is 31.0 Å². The highest BCUT2D eigenvalue weighted by Gasteiger charge is 2.47. The molecule has 1 fully saturated rings. The molecule has 4 nitrogen and oxygen atoms in total. The van der Waals surface area contributed by atoms with Gasteiger partial charge in [0.15, 0.2) is 8.32 Å². The maximum Gasteiger partial charge on any atom is 0.302 e. The molecule has 0 saturated heterocycles. The first-order chi connectivity index (χ1) is 10.0. The molecule has 22 heavy (non-hydrogen) atoms. The normalized spacial score (nSPS) is 30.0. The molecule has 0 N–H and O–H groups in total. The number of carbonyl (C=O) groups excluding carboxylic acids is 1. The Morgan fingerprint density at radius 2 is 1.82 bits per heavy atom. The van der Waals surface area contributed by atoms with Crippen LogP contribution in [0, 0.1) is 5.92 Å². The summed E-state index contributed by atoms with van der Waals surface area (Å²) in [6.07, 6.45) is 3.02. The fourth-order valence-electron chi connectivity index (χ4n) is 2.70. The standard InChI is InChI=1S/C17H32O4Si/c1-9-13-10-11-14(20-12(2)18)16(15(13)19-6)21-22(7,8)17(3,4)5/h9,13-16H,1,10-11H2,2-8H3/t13-,14-,15+,16+/m0/s1. The summed E-state index contributed by atoms with van der Waals surface area (Å²) in [5.41, 5.74) is 0. The first kappa shape index (κ1) is 19.4. The highest BCUT2D eigenvalue weighted by atomic mass is 28.4. The van der Waals surface area contributed by atoms with Gasteiger partial charge in [0, 0.05) is 20.0 Å². The average Bonchev–Trinajstić information content (AvgIpc) is 2.38. The second-order valence-electron chi connectivity index (χ2n) is 7.67. The Morgan fingerprint density at radius 1 is 1.23 bits per heavy atom. The van der Waals surface area contributed by atoms with Crippen molar-refractivity contribution in [2.24, 2.45) is 5.92 Å². The number of esters is 1. The number of methoxy groups -OCH3 is 1. The third kappa shape index (κ3) is 4.43. The molecule has 0 spiro atoms. The summed E-state index contributed by atoms with van der Waals surface area (Å²) in [5, 5.41) is 0.0905. The molecule has 0 aromatic heterocycles. The van der Waals surface area contributed by atoms with Crippen molar-refractivity contribution in [3.05, 3.63) is 12.7 Å². The van der Waals surface area contributed by atoms with Gasteiger partial charge in [-0.15, -0.1) is 6.58 Å². The minimum Gasteiger partial charge on any atom is -0.460 e. The Bertz CT molecular complexity index is 400. The van der Waals surface area contributed by atoms with E-state index in [1.54, 1.807) is 7.11 Å². The number of hydrogen-bond donors (Lipinski definition) is 0. The molecule has 1 aliphatic rings. The van der Waals surface area contributed by atoms with Crippen LogP contribution in [0.4, 0.5) is 0 Å². The summed E-state index contributed by atoms with van der Waals surface area (Å²) >= 11 is 0. The van der Waals surface area contributed by atoms with Crippen molar-refractivity contribution in [1.29, 1.82) is 0 Å². The third-order valence-corrected chi connectivity index (χ3v) is 9.50. The van der Waals surface area contributed by atoms with Gasteiger partial charge in [-0.2, -0.15) is 0 Å². The molecule has 128 valence electrons. The molecule has 0 amide bonds. The molecule has 0 unspecified atom stereocenters. The van der Waals surface area contributed by atoms with E-state index in [0.29, 0.717) is 0 Å². The molecular formula is C17H32O4Si. The van der Waals surface area contributed by atoms with Crippen LogP contribution in [0.3, 0.4) is 0 Å². The smallest absolute Gasteiger partial charge is 0.302 e.